The minimum atomic E-state index is -0.338. The summed E-state index contributed by atoms with van der Waals surface area (Å²) in [5.74, 6) is 1.27. The third kappa shape index (κ3) is 2.02. The van der Waals surface area contributed by atoms with Gasteiger partial charge in [-0.2, -0.15) is 5.26 Å². The maximum absolute atomic E-state index is 14.8. The molecule has 3 heterocycles. The van der Waals surface area contributed by atoms with Crippen LogP contribution in [0, 0.1) is 31.0 Å². The highest BCUT2D eigenvalue weighted by Gasteiger charge is 2.22. The molecule has 5 nitrogen and oxygen atoms in total. The van der Waals surface area contributed by atoms with Crippen molar-refractivity contribution in [2.45, 2.75) is 26.7 Å². The first-order valence-electron chi connectivity index (χ1n) is 7.69. The molecule has 1 aromatic carbocycles. The van der Waals surface area contributed by atoms with E-state index in [0.717, 1.165) is 41.3 Å². The van der Waals surface area contributed by atoms with Crippen molar-refractivity contribution in [3.63, 3.8) is 0 Å². The molecule has 1 aliphatic rings. The van der Waals surface area contributed by atoms with Gasteiger partial charge in [0, 0.05) is 29.9 Å². The van der Waals surface area contributed by atoms with E-state index >= 15 is 0 Å². The van der Waals surface area contributed by atoms with Crippen molar-refractivity contribution < 1.29 is 4.39 Å². The Labute approximate surface area is 138 Å². The summed E-state index contributed by atoms with van der Waals surface area (Å²) in [4.78, 5) is 4.07. The first-order valence-corrected chi connectivity index (χ1v) is 7.69. The van der Waals surface area contributed by atoms with Crippen molar-refractivity contribution in [3.05, 3.63) is 58.7 Å². The minimum Gasteiger partial charge on any atom is -0.283 e. The minimum absolute atomic E-state index is 0.338. The Morgan fingerprint density at radius 3 is 2.75 bits per heavy atom. The van der Waals surface area contributed by atoms with Crippen LogP contribution >= 0.6 is 0 Å². The van der Waals surface area contributed by atoms with E-state index in [1.54, 1.807) is 6.20 Å². The predicted molar refractivity (Wildman–Crippen MR) is 86.1 cm³/mol. The molecule has 0 bridgehead atoms. The summed E-state index contributed by atoms with van der Waals surface area (Å²) in [7, 11) is 0. The fourth-order valence-corrected chi connectivity index (χ4v) is 3.26. The molecule has 4 rings (SSSR count). The number of aryl methyl sites for hydroxylation is 3. The van der Waals surface area contributed by atoms with Gasteiger partial charge in [-0.15, -0.1) is 10.2 Å². The lowest BCUT2D eigenvalue weighted by Crippen LogP contribution is -2.14. The van der Waals surface area contributed by atoms with Crippen molar-refractivity contribution in [2.75, 3.05) is 0 Å². The maximum atomic E-state index is 14.8. The van der Waals surface area contributed by atoms with E-state index in [4.69, 9.17) is 5.26 Å². The Hall–Kier alpha value is -3.07. The molecule has 0 atom stereocenters. The number of fused-ring (bicyclic) bond motifs is 3. The monoisotopic (exact) mass is 319 g/mol. The quantitative estimate of drug-likeness (QED) is 0.691. The van der Waals surface area contributed by atoms with Crippen molar-refractivity contribution in [1.82, 2.24) is 19.7 Å². The largest absolute Gasteiger partial charge is 0.283 e. The van der Waals surface area contributed by atoms with Crippen LogP contribution in [0.1, 0.15) is 28.3 Å². The summed E-state index contributed by atoms with van der Waals surface area (Å²) >= 11 is 0. The number of nitrogens with zero attached hydrogens (tertiary/aromatic N) is 5. The van der Waals surface area contributed by atoms with E-state index in [-0.39, 0.29) is 5.82 Å². The van der Waals surface area contributed by atoms with E-state index in [2.05, 4.69) is 21.3 Å². The second-order valence-electron chi connectivity index (χ2n) is 5.93. The zero-order valence-electron chi connectivity index (χ0n) is 13.3. The first kappa shape index (κ1) is 14.5. The number of hydrogen-bond donors (Lipinski definition) is 0. The van der Waals surface area contributed by atoms with Crippen molar-refractivity contribution in [1.29, 1.82) is 5.26 Å². The van der Waals surface area contributed by atoms with E-state index in [9.17, 15) is 4.39 Å². The Balaban J connectivity index is 1.93. The molecule has 0 N–H and O–H groups in total. The molecule has 118 valence electrons. The van der Waals surface area contributed by atoms with Gasteiger partial charge in [0.2, 0.25) is 0 Å². The predicted octanol–water partition coefficient (Wildman–Crippen LogP) is 3.06. The highest BCUT2D eigenvalue weighted by Crippen LogP contribution is 2.33. The highest BCUT2D eigenvalue weighted by molar-refractivity contribution is 5.72. The van der Waals surface area contributed by atoms with Gasteiger partial charge in [0.25, 0.3) is 0 Å². The summed E-state index contributed by atoms with van der Waals surface area (Å²) in [6, 6.07) is 5.49. The molecule has 0 unspecified atom stereocenters. The molecular formula is C18H14FN5. The molecule has 0 amide bonds. The van der Waals surface area contributed by atoms with Crippen LogP contribution in [-0.4, -0.2) is 19.7 Å². The summed E-state index contributed by atoms with van der Waals surface area (Å²) in [6.07, 6.45) is 4.67. The van der Waals surface area contributed by atoms with Crippen LogP contribution in [0.2, 0.25) is 0 Å². The third-order valence-electron chi connectivity index (χ3n) is 4.54. The Kier molecular flexibility index (Phi) is 3.17. The summed E-state index contributed by atoms with van der Waals surface area (Å²) < 4.78 is 16.8. The van der Waals surface area contributed by atoms with E-state index in [0.29, 0.717) is 16.7 Å². The summed E-state index contributed by atoms with van der Waals surface area (Å²) in [6.45, 7) is 3.68. The molecule has 0 saturated carbocycles. The van der Waals surface area contributed by atoms with Gasteiger partial charge < -0.3 is 0 Å². The average Bonchev–Trinajstić information content (AvgIpc) is 2.96. The molecular weight excluding hydrogens is 305 g/mol. The van der Waals surface area contributed by atoms with Crippen LogP contribution in [0.5, 0.6) is 0 Å². The first-order chi connectivity index (χ1) is 11.6. The Morgan fingerprint density at radius 1 is 1.12 bits per heavy atom. The lowest BCUT2D eigenvalue weighted by Gasteiger charge is -2.20. The van der Waals surface area contributed by atoms with Crippen LogP contribution in [0.25, 0.3) is 16.8 Å². The highest BCUT2D eigenvalue weighted by atomic mass is 19.1. The van der Waals surface area contributed by atoms with Gasteiger partial charge >= 0.3 is 0 Å². The molecule has 0 aliphatic carbocycles. The molecule has 0 spiro atoms. The number of pyridine rings is 1. The average molecular weight is 319 g/mol. The van der Waals surface area contributed by atoms with Gasteiger partial charge in [0.1, 0.15) is 23.5 Å². The van der Waals surface area contributed by atoms with Crippen LogP contribution < -0.4 is 0 Å². The maximum Gasteiger partial charge on any atom is 0.137 e. The van der Waals surface area contributed by atoms with Crippen molar-refractivity contribution in [3.8, 4) is 22.9 Å². The molecule has 0 radical (unpaired) electrons. The van der Waals surface area contributed by atoms with Gasteiger partial charge in [-0.1, -0.05) is 0 Å². The Bertz CT molecular complexity index is 1010. The number of hydrogen-bond acceptors (Lipinski definition) is 4. The van der Waals surface area contributed by atoms with Crippen molar-refractivity contribution in [2.24, 2.45) is 0 Å². The fraction of sp³-hybridized carbons (Fsp3) is 0.222. The van der Waals surface area contributed by atoms with Gasteiger partial charge in [0.15, 0.2) is 0 Å². The molecule has 0 saturated heterocycles. The van der Waals surface area contributed by atoms with Crippen LogP contribution in [0.15, 0.2) is 24.5 Å². The van der Waals surface area contributed by atoms with E-state index < -0.39 is 0 Å². The standard InChI is InChI=1S/C18H14FN5/c1-10-13(7-20)8-21-9-15(10)14-5-12-3-4-18-23-22-11(2)24(18)17(12)6-16(14)19/h5-6,8-9H,3-4H2,1-2H3. The molecule has 2 aromatic heterocycles. The van der Waals surface area contributed by atoms with Crippen LogP contribution in [0.4, 0.5) is 4.39 Å². The third-order valence-corrected chi connectivity index (χ3v) is 4.54. The SMILES string of the molecule is Cc1c(C#N)cncc1-c1cc2c(cc1F)-n1c(C)nnc1CC2. The molecule has 24 heavy (non-hydrogen) atoms. The van der Waals surface area contributed by atoms with Crippen LogP contribution in [0.3, 0.4) is 0 Å². The lowest BCUT2D eigenvalue weighted by atomic mass is 9.94. The second-order valence-corrected chi connectivity index (χ2v) is 5.93. The Morgan fingerprint density at radius 2 is 1.96 bits per heavy atom. The number of rotatable bonds is 1. The van der Waals surface area contributed by atoms with Gasteiger partial charge in [-0.05, 0) is 43.5 Å². The lowest BCUT2D eigenvalue weighted by molar-refractivity contribution is 0.625. The van der Waals surface area contributed by atoms with Crippen LogP contribution in [-0.2, 0) is 12.8 Å². The molecule has 1 aliphatic heterocycles. The summed E-state index contributed by atoms with van der Waals surface area (Å²) in [5.41, 5.74) is 4.17. The summed E-state index contributed by atoms with van der Waals surface area (Å²) in [5, 5.41) is 17.4. The number of halogens is 1. The zero-order chi connectivity index (χ0) is 16.8. The number of aromatic nitrogens is 4. The van der Waals surface area contributed by atoms with Gasteiger partial charge in [-0.3, -0.25) is 9.55 Å². The topological polar surface area (TPSA) is 67.4 Å². The number of benzene rings is 1. The molecule has 3 aromatic rings. The van der Waals surface area contributed by atoms with E-state index in [1.807, 2.05) is 24.5 Å². The zero-order valence-corrected chi connectivity index (χ0v) is 13.3. The number of nitriles is 1. The molecule has 6 heteroatoms. The fourth-order valence-electron chi connectivity index (χ4n) is 3.26. The molecule has 0 fully saturated rings. The van der Waals surface area contributed by atoms with Crippen molar-refractivity contribution >= 4 is 0 Å². The van der Waals surface area contributed by atoms with E-state index in [1.165, 1.54) is 12.3 Å². The normalized spacial score (nSPS) is 12.4. The van der Waals surface area contributed by atoms with Gasteiger partial charge in [0.05, 0.1) is 11.3 Å². The second kappa shape index (κ2) is 5.24. The smallest absolute Gasteiger partial charge is 0.137 e. The van der Waals surface area contributed by atoms with Gasteiger partial charge in [-0.25, -0.2) is 4.39 Å².